The molecule has 0 N–H and O–H groups in total. The smallest absolute Gasteiger partial charge is 0.0683 e. The molecule has 0 rings (SSSR count). The van der Waals surface area contributed by atoms with Gasteiger partial charge in [0.05, 0.1) is 18.7 Å². The quantitative estimate of drug-likeness (QED) is 0.671. The van der Waals surface area contributed by atoms with E-state index in [9.17, 15) is 0 Å². The maximum atomic E-state index is 8.22. The number of nitrogens with zero attached hydrogens (tertiary/aromatic N) is 4. The molecular formula is C22H44N4. The van der Waals surface area contributed by atoms with Crippen LogP contribution in [0.25, 0.3) is 0 Å². The maximum absolute atomic E-state index is 8.22. The van der Waals surface area contributed by atoms with Gasteiger partial charge in [-0.3, -0.25) is 9.80 Å². The lowest BCUT2D eigenvalue weighted by Crippen LogP contribution is -2.33. The highest BCUT2D eigenvalue weighted by Crippen LogP contribution is 1.98. The van der Waals surface area contributed by atoms with E-state index in [4.69, 9.17) is 18.1 Å². The van der Waals surface area contributed by atoms with E-state index < -0.39 is 0 Å². The number of rotatable bonds is 6. The van der Waals surface area contributed by atoms with Crippen LogP contribution in [0.15, 0.2) is 0 Å². The maximum Gasteiger partial charge on any atom is 0.0683 e. The zero-order chi connectivity index (χ0) is 21.7. The summed E-state index contributed by atoms with van der Waals surface area (Å²) < 4.78 is 0. The summed E-state index contributed by atoms with van der Waals surface area (Å²) in [5.41, 5.74) is 0. The molecule has 0 aliphatic carbocycles. The predicted octanol–water partition coefficient (Wildman–Crippen LogP) is 3.80. The van der Waals surface area contributed by atoms with Gasteiger partial charge in [0.2, 0.25) is 0 Å². The number of hydrogen-bond acceptors (Lipinski definition) is 4. The normalized spacial score (nSPS) is 10.5. The summed E-state index contributed by atoms with van der Waals surface area (Å²) in [5.74, 6) is 5.16. The Labute approximate surface area is 165 Å². The van der Waals surface area contributed by atoms with Gasteiger partial charge >= 0.3 is 0 Å². The van der Waals surface area contributed by atoms with Gasteiger partial charge in [0.25, 0.3) is 0 Å². The zero-order valence-corrected chi connectivity index (χ0v) is 19.3. The summed E-state index contributed by atoms with van der Waals surface area (Å²) >= 11 is 0. The molecule has 26 heavy (non-hydrogen) atoms. The Morgan fingerprint density at radius 1 is 0.885 bits per heavy atom. The molecule has 0 aliphatic heterocycles. The van der Waals surface area contributed by atoms with Crippen molar-refractivity contribution in [3.63, 3.8) is 0 Å². The van der Waals surface area contributed by atoms with Crippen molar-refractivity contribution >= 4 is 0 Å². The lowest BCUT2D eigenvalue weighted by Gasteiger charge is -2.24. The average Bonchev–Trinajstić information content (AvgIpc) is 2.60. The molecule has 0 aromatic rings. The van der Waals surface area contributed by atoms with Crippen molar-refractivity contribution < 1.29 is 0 Å². The van der Waals surface area contributed by atoms with Gasteiger partial charge in [-0.1, -0.05) is 25.7 Å². The monoisotopic (exact) mass is 364 g/mol. The van der Waals surface area contributed by atoms with Crippen LogP contribution in [0.1, 0.15) is 54.9 Å². The third kappa shape index (κ3) is 27.3. The van der Waals surface area contributed by atoms with E-state index in [-0.39, 0.29) is 6.04 Å². The lowest BCUT2D eigenvalue weighted by molar-refractivity contribution is 0.247. The SMILES string of the molecule is C#CC(C)N(C)C(C)C.C#CCN(C)C.CC.CC(C)N(C)CCC#N. The molecule has 0 aliphatic rings. The van der Waals surface area contributed by atoms with Crippen LogP contribution in [0.4, 0.5) is 0 Å². The van der Waals surface area contributed by atoms with Crippen LogP contribution in [0, 0.1) is 36.0 Å². The first kappa shape index (κ1) is 32.2. The highest BCUT2D eigenvalue weighted by molar-refractivity contribution is 4.96. The van der Waals surface area contributed by atoms with Crippen LogP contribution in [0.5, 0.6) is 0 Å². The molecule has 0 saturated heterocycles. The lowest BCUT2D eigenvalue weighted by atomic mass is 10.2. The Bertz CT molecular complexity index is 394. The predicted molar refractivity (Wildman–Crippen MR) is 118 cm³/mol. The third-order valence-electron chi connectivity index (χ3n) is 3.53. The second-order valence-corrected chi connectivity index (χ2v) is 6.53. The molecule has 4 nitrogen and oxygen atoms in total. The van der Waals surface area contributed by atoms with Crippen LogP contribution >= 0.6 is 0 Å². The molecule has 0 bridgehead atoms. The molecule has 0 amide bonds. The molecular weight excluding hydrogens is 320 g/mol. The van der Waals surface area contributed by atoms with Gasteiger partial charge in [0.1, 0.15) is 0 Å². The molecule has 152 valence electrons. The Morgan fingerprint density at radius 2 is 1.35 bits per heavy atom. The van der Waals surface area contributed by atoms with Gasteiger partial charge in [0, 0.05) is 25.0 Å². The standard InChI is InChI=1S/C8H15N.C7H14N2.C5H9N.C2H6/c1-6-8(4)9(5)7(2)3;1-7(2)9(3)6-4-5-8;1-4-5-6(2)3;1-2/h1,7-8H,2-5H3;7H,4,6H2,1-3H3;1H,5H2,2-3H3;1-2H3. The second kappa shape index (κ2) is 23.5. The van der Waals surface area contributed by atoms with Crippen molar-refractivity contribution in [2.45, 2.75) is 73.0 Å². The fourth-order valence-corrected chi connectivity index (χ4v) is 1.23. The van der Waals surface area contributed by atoms with Crippen LogP contribution in [0.3, 0.4) is 0 Å². The van der Waals surface area contributed by atoms with Crippen molar-refractivity contribution in [2.75, 3.05) is 41.3 Å². The van der Waals surface area contributed by atoms with Crippen molar-refractivity contribution in [1.29, 1.82) is 5.26 Å². The molecule has 1 unspecified atom stereocenters. The molecule has 0 aromatic heterocycles. The summed E-state index contributed by atoms with van der Waals surface area (Å²) in [5, 5.41) is 8.22. The summed E-state index contributed by atoms with van der Waals surface area (Å²) in [4.78, 5) is 6.25. The van der Waals surface area contributed by atoms with Gasteiger partial charge in [-0.15, -0.1) is 12.8 Å². The summed E-state index contributed by atoms with van der Waals surface area (Å²) in [6, 6.07) is 3.46. The fourth-order valence-electron chi connectivity index (χ4n) is 1.23. The summed E-state index contributed by atoms with van der Waals surface area (Å²) in [6.45, 7) is 16.2. The first-order valence-corrected chi connectivity index (χ1v) is 9.38. The highest BCUT2D eigenvalue weighted by atomic mass is 15.1. The molecule has 0 spiro atoms. The Hall–Kier alpha value is -1.51. The number of terminal acetylenes is 2. The van der Waals surface area contributed by atoms with E-state index in [0.717, 1.165) is 13.1 Å². The minimum absolute atomic E-state index is 0.255. The Balaban J connectivity index is -0.000000136. The Kier molecular flexibility index (Phi) is 29.1. The van der Waals surface area contributed by atoms with Crippen LogP contribution in [-0.2, 0) is 0 Å². The van der Waals surface area contributed by atoms with E-state index in [2.05, 4.69) is 55.4 Å². The van der Waals surface area contributed by atoms with Crippen molar-refractivity contribution in [3.8, 4) is 30.8 Å². The zero-order valence-electron chi connectivity index (χ0n) is 19.3. The van der Waals surface area contributed by atoms with E-state index in [1.165, 1.54) is 0 Å². The van der Waals surface area contributed by atoms with Gasteiger partial charge < -0.3 is 4.90 Å². The number of hydrogen-bond donors (Lipinski definition) is 0. The van der Waals surface area contributed by atoms with Crippen molar-refractivity contribution in [2.24, 2.45) is 0 Å². The minimum atomic E-state index is 0.255. The van der Waals surface area contributed by atoms with E-state index >= 15 is 0 Å². The fraction of sp³-hybridized carbons (Fsp3) is 0.773. The summed E-state index contributed by atoms with van der Waals surface area (Å²) in [6.07, 6.45) is 10.8. The van der Waals surface area contributed by atoms with Crippen LogP contribution in [-0.4, -0.2) is 74.1 Å². The van der Waals surface area contributed by atoms with Gasteiger partial charge in [0.15, 0.2) is 0 Å². The molecule has 0 heterocycles. The third-order valence-corrected chi connectivity index (χ3v) is 3.53. The second-order valence-electron chi connectivity index (χ2n) is 6.53. The molecule has 0 aromatic carbocycles. The van der Waals surface area contributed by atoms with Crippen molar-refractivity contribution in [1.82, 2.24) is 14.7 Å². The van der Waals surface area contributed by atoms with E-state index in [1.54, 1.807) is 0 Å². The molecule has 0 radical (unpaired) electrons. The molecule has 4 heteroatoms. The van der Waals surface area contributed by atoms with Gasteiger partial charge in [-0.25, -0.2) is 0 Å². The van der Waals surface area contributed by atoms with Gasteiger partial charge in [-0.2, -0.15) is 5.26 Å². The highest BCUT2D eigenvalue weighted by Gasteiger charge is 2.07. The Morgan fingerprint density at radius 3 is 1.50 bits per heavy atom. The molecule has 1 atom stereocenters. The van der Waals surface area contributed by atoms with Crippen molar-refractivity contribution in [3.05, 3.63) is 0 Å². The number of nitriles is 1. The molecule has 0 saturated carbocycles. The summed E-state index contributed by atoms with van der Waals surface area (Å²) in [7, 11) is 7.96. The van der Waals surface area contributed by atoms with Crippen LogP contribution < -0.4 is 0 Å². The van der Waals surface area contributed by atoms with E-state index in [1.807, 2.05) is 53.9 Å². The topological polar surface area (TPSA) is 33.5 Å². The van der Waals surface area contributed by atoms with Gasteiger partial charge in [-0.05, 0) is 62.8 Å². The minimum Gasteiger partial charge on any atom is -0.303 e. The first-order valence-electron chi connectivity index (χ1n) is 9.38. The van der Waals surface area contributed by atoms with Crippen LogP contribution in [0.2, 0.25) is 0 Å². The average molecular weight is 365 g/mol. The molecule has 0 fully saturated rings. The van der Waals surface area contributed by atoms with E-state index in [0.29, 0.717) is 18.5 Å². The first-order chi connectivity index (χ1) is 12.0. The largest absolute Gasteiger partial charge is 0.303 e.